The quantitative estimate of drug-likeness (QED) is 0.174. The zero-order valence-electron chi connectivity index (χ0n) is 20.2. The minimum Gasteiger partial charge on any atom is -0.391 e. The standard InChI is InChI=1S/C27H24Cl2N4O5/c28-23-5-1-19(2-6-23)17-37-30-13-21-15-32(25-9-11-26(12-10-25)33(35)36)16-22(27(21)34)14-31-38-18-20-3-7-24(29)8-4-20/h1-14,21-22H,15-18H2/b30-13-,31-14+. The van der Waals surface area contributed by atoms with Crippen molar-refractivity contribution >= 4 is 52.8 Å². The molecule has 1 saturated heterocycles. The summed E-state index contributed by atoms with van der Waals surface area (Å²) >= 11 is 11.8. The van der Waals surface area contributed by atoms with Crippen molar-refractivity contribution in [3.8, 4) is 0 Å². The fourth-order valence-corrected chi connectivity index (χ4v) is 4.11. The number of rotatable bonds is 10. The van der Waals surface area contributed by atoms with Gasteiger partial charge in [0.2, 0.25) is 0 Å². The molecule has 0 spiro atoms. The molecule has 9 nitrogen and oxygen atoms in total. The van der Waals surface area contributed by atoms with Gasteiger partial charge in [0.25, 0.3) is 5.69 Å². The molecule has 0 N–H and O–H groups in total. The van der Waals surface area contributed by atoms with Crippen LogP contribution in [0.3, 0.4) is 0 Å². The number of ketones is 1. The van der Waals surface area contributed by atoms with Crippen LogP contribution < -0.4 is 4.90 Å². The van der Waals surface area contributed by atoms with Gasteiger partial charge in [-0.15, -0.1) is 0 Å². The second kappa shape index (κ2) is 13.0. The lowest BCUT2D eigenvalue weighted by molar-refractivity contribution is -0.384. The number of hydrogen-bond acceptors (Lipinski definition) is 8. The van der Waals surface area contributed by atoms with Gasteiger partial charge >= 0.3 is 0 Å². The number of anilines is 1. The average Bonchev–Trinajstić information content (AvgIpc) is 2.92. The molecule has 38 heavy (non-hydrogen) atoms. The first kappa shape index (κ1) is 27.1. The summed E-state index contributed by atoms with van der Waals surface area (Å²) in [7, 11) is 0. The highest BCUT2D eigenvalue weighted by Gasteiger charge is 2.34. The number of carbonyl (C=O) groups is 1. The third-order valence-corrected chi connectivity index (χ3v) is 6.41. The number of halogens is 2. The van der Waals surface area contributed by atoms with Crippen LogP contribution in [0.2, 0.25) is 10.0 Å². The number of Topliss-reactive ketones (excluding diaryl/α,β-unsaturated/α-hetero) is 1. The average molecular weight is 555 g/mol. The minimum absolute atomic E-state index is 0.00994. The molecule has 0 saturated carbocycles. The number of nitrogens with zero attached hydrogens (tertiary/aromatic N) is 4. The summed E-state index contributed by atoms with van der Waals surface area (Å²) in [5, 5.41) is 20.3. The van der Waals surface area contributed by atoms with E-state index in [1.165, 1.54) is 24.6 Å². The van der Waals surface area contributed by atoms with Crippen LogP contribution in [-0.2, 0) is 27.7 Å². The first-order valence-electron chi connectivity index (χ1n) is 11.7. The first-order valence-corrected chi connectivity index (χ1v) is 12.5. The van der Waals surface area contributed by atoms with Crippen molar-refractivity contribution in [1.29, 1.82) is 0 Å². The van der Waals surface area contributed by atoms with E-state index >= 15 is 0 Å². The topological polar surface area (TPSA) is 107 Å². The van der Waals surface area contributed by atoms with Gasteiger partial charge in [0.05, 0.1) is 29.2 Å². The van der Waals surface area contributed by atoms with Crippen molar-refractivity contribution in [2.45, 2.75) is 13.2 Å². The molecule has 11 heteroatoms. The molecule has 196 valence electrons. The minimum atomic E-state index is -0.586. The SMILES string of the molecule is O=C1C(/C=N\OCc2ccc(Cl)cc2)CN(c2ccc([N+](=O)[O-])cc2)CC1/C=N/OCc1ccc(Cl)cc1. The van der Waals surface area contributed by atoms with E-state index in [0.29, 0.717) is 23.1 Å². The van der Waals surface area contributed by atoms with Crippen LogP contribution in [0.5, 0.6) is 0 Å². The van der Waals surface area contributed by atoms with E-state index in [4.69, 9.17) is 32.9 Å². The Bertz CT molecular complexity index is 1230. The summed E-state index contributed by atoms with van der Waals surface area (Å²) < 4.78 is 0. The number of non-ortho nitro benzene ring substituents is 1. The molecular weight excluding hydrogens is 531 g/mol. The number of nitro groups is 1. The Morgan fingerprint density at radius 1 is 0.816 bits per heavy atom. The number of hydrogen-bond donors (Lipinski definition) is 0. The third-order valence-electron chi connectivity index (χ3n) is 5.91. The molecule has 1 aliphatic heterocycles. The zero-order valence-corrected chi connectivity index (χ0v) is 21.7. The summed E-state index contributed by atoms with van der Waals surface area (Å²) in [4.78, 5) is 36.5. The predicted octanol–water partition coefficient (Wildman–Crippen LogP) is 5.93. The van der Waals surface area contributed by atoms with Gasteiger partial charge in [0.1, 0.15) is 13.2 Å². The molecule has 1 heterocycles. The van der Waals surface area contributed by atoms with Gasteiger partial charge in [-0.2, -0.15) is 0 Å². The molecule has 2 atom stereocenters. The molecule has 4 rings (SSSR count). The van der Waals surface area contributed by atoms with E-state index in [0.717, 1.165) is 16.8 Å². The van der Waals surface area contributed by atoms with Crippen molar-refractivity contribution in [2.24, 2.45) is 22.1 Å². The molecule has 0 aliphatic carbocycles. The van der Waals surface area contributed by atoms with E-state index < -0.39 is 16.8 Å². The van der Waals surface area contributed by atoms with E-state index in [1.807, 2.05) is 29.2 Å². The fraction of sp³-hybridized carbons (Fsp3) is 0.222. The Balaban J connectivity index is 1.43. The lowest BCUT2D eigenvalue weighted by atomic mass is 9.88. The predicted molar refractivity (Wildman–Crippen MR) is 147 cm³/mol. The van der Waals surface area contributed by atoms with Crippen LogP contribution in [0.25, 0.3) is 0 Å². The second-order valence-electron chi connectivity index (χ2n) is 8.60. The second-order valence-corrected chi connectivity index (χ2v) is 9.48. The molecular formula is C27H24Cl2N4O5. The van der Waals surface area contributed by atoms with E-state index in [1.54, 1.807) is 36.4 Å². The van der Waals surface area contributed by atoms with Crippen molar-refractivity contribution < 1.29 is 19.4 Å². The molecule has 3 aromatic carbocycles. The summed E-state index contributed by atoms with van der Waals surface area (Å²) in [6.45, 7) is 1.12. The first-order chi connectivity index (χ1) is 18.4. The van der Waals surface area contributed by atoms with Crippen molar-refractivity contribution in [3.05, 3.63) is 104 Å². The number of piperidine rings is 1. The molecule has 1 aliphatic rings. The summed E-state index contributed by atoms with van der Waals surface area (Å²) in [6, 6.07) is 20.5. The smallest absolute Gasteiger partial charge is 0.269 e. The maximum atomic E-state index is 13.2. The van der Waals surface area contributed by atoms with Gasteiger partial charge in [-0.3, -0.25) is 14.9 Å². The number of oxime groups is 2. The van der Waals surface area contributed by atoms with Crippen molar-refractivity contribution in [3.63, 3.8) is 0 Å². The molecule has 0 bridgehead atoms. The van der Waals surface area contributed by atoms with E-state index in [9.17, 15) is 14.9 Å². The van der Waals surface area contributed by atoms with Crippen molar-refractivity contribution in [2.75, 3.05) is 18.0 Å². The van der Waals surface area contributed by atoms with Gasteiger partial charge in [-0.25, -0.2) is 0 Å². The largest absolute Gasteiger partial charge is 0.391 e. The maximum absolute atomic E-state index is 13.2. The maximum Gasteiger partial charge on any atom is 0.269 e. The molecule has 3 aromatic rings. The van der Waals surface area contributed by atoms with Crippen LogP contribution in [-0.4, -0.2) is 36.2 Å². The highest BCUT2D eigenvalue weighted by Crippen LogP contribution is 2.25. The van der Waals surface area contributed by atoms with Gasteiger partial charge < -0.3 is 14.6 Å². The van der Waals surface area contributed by atoms with Crippen LogP contribution in [0.4, 0.5) is 11.4 Å². The highest BCUT2D eigenvalue weighted by atomic mass is 35.5. The lowest BCUT2D eigenvalue weighted by Crippen LogP contribution is -2.48. The Hall–Kier alpha value is -3.95. The van der Waals surface area contributed by atoms with E-state index in [-0.39, 0.29) is 24.7 Å². The van der Waals surface area contributed by atoms with Gasteiger partial charge in [0, 0.05) is 41.0 Å². The summed E-state index contributed by atoms with van der Waals surface area (Å²) in [6.07, 6.45) is 2.95. The normalized spacial score (nSPS) is 17.7. The van der Waals surface area contributed by atoms with Crippen LogP contribution in [0.15, 0.2) is 83.1 Å². The highest BCUT2D eigenvalue weighted by molar-refractivity contribution is 6.30. The summed E-state index contributed by atoms with van der Waals surface area (Å²) in [5.74, 6) is -1.26. The monoisotopic (exact) mass is 554 g/mol. The van der Waals surface area contributed by atoms with Crippen LogP contribution >= 0.6 is 23.2 Å². The zero-order chi connectivity index (χ0) is 26.9. The number of benzene rings is 3. The third kappa shape index (κ3) is 7.53. The Kier molecular flexibility index (Phi) is 9.29. The van der Waals surface area contributed by atoms with Crippen LogP contribution in [0.1, 0.15) is 11.1 Å². The Labute approximate surface area is 229 Å². The number of carbonyl (C=O) groups excluding carboxylic acids is 1. The fourth-order valence-electron chi connectivity index (χ4n) is 3.86. The Morgan fingerprint density at radius 3 is 1.68 bits per heavy atom. The lowest BCUT2D eigenvalue weighted by Gasteiger charge is -2.35. The van der Waals surface area contributed by atoms with E-state index in [2.05, 4.69) is 10.3 Å². The van der Waals surface area contributed by atoms with Gasteiger partial charge in [-0.05, 0) is 47.5 Å². The molecule has 2 unspecified atom stereocenters. The Morgan fingerprint density at radius 2 is 1.26 bits per heavy atom. The van der Waals surface area contributed by atoms with Crippen molar-refractivity contribution in [1.82, 2.24) is 0 Å². The molecule has 0 amide bonds. The molecule has 0 aromatic heterocycles. The molecule has 1 fully saturated rings. The number of nitro benzene ring substituents is 1. The molecule has 0 radical (unpaired) electrons. The van der Waals surface area contributed by atoms with Gasteiger partial charge in [0.15, 0.2) is 5.78 Å². The van der Waals surface area contributed by atoms with Gasteiger partial charge in [-0.1, -0.05) is 57.8 Å². The summed E-state index contributed by atoms with van der Waals surface area (Å²) in [5.41, 5.74) is 2.50. The van der Waals surface area contributed by atoms with Crippen LogP contribution in [0, 0.1) is 22.0 Å².